The summed E-state index contributed by atoms with van der Waals surface area (Å²) in [7, 11) is 0. The lowest BCUT2D eigenvalue weighted by Crippen LogP contribution is -2.27. The van der Waals surface area contributed by atoms with Gasteiger partial charge in [-0.3, -0.25) is 9.59 Å². The highest BCUT2D eigenvalue weighted by Gasteiger charge is 2.25. The van der Waals surface area contributed by atoms with E-state index >= 15 is 0 Å². The number of ether oxygens (including phenoxy) is 1. The first-order valence-corrected chi connectivity index (χ1v) is 4.50. The molecule has 16 heavy (non-hydrogen) atoms. The molecule has 0 saturated carbocycles. The van der Waals surface area contributed by atoms with Crippen molar-refractivity contribution < 1.29 is 33.1 Å². The Hall–Kier alpha value is -1.06. The average molecular weight is 240 g/mol. The fraction of sp³-hybridized carbons (Fsp3) is 0.833. The van der Waals surface area contributed by atoms with E-state index in [0.29, 0.717) is 0 Å². The van der Waals surface area contributed by atoms with E-state index in [1.807, 2.05) is 0 Å². The Balaban J connectivity index is 6.43. The maximum atomic E-state index is 11.9. The third-order valence-electron chi connectivity index (χ3n) is 1.28. The van der Waals surface area contributed by atoms with Crippen LogP contribution >= 0.6 is 0 Å². The molecule has 0 aliphatic heterocycles. The molecule has 0 radical (unpaired) electrons. The fourth-order valence-corrected chi connectivity index (χ4v) is 0.846. The standard InChI is InChI=1S/C12H22O4/c1-8(2)6-9(11(14)15)7-10(13)16-12(3,4)5/h8-9H,6-7H2,1-5H3,(H,14,15)/t9-/m1/s1/i1D3,2D3,6D2,8D,9D. The third-order valence-corrected chi connectivity index (χ3v) is 1.28. The molecule has 0 fully saturated rings. The van der Waals surface area contributed by atoms with E-state index in [1.54, 1.807) is 0 Å². The van der Waals surface area contributed by atoms with Crippen molar-refractivity contribution in [2.24, 2.45) is 11.8 Å². The molecule has 0 heterocycles. The second-order valence-corrected chi connectivity index (χ2v) is 4.05. The summed E-state index contributed by atoms with van der Waals surface area (Å²) < 4.78 is 80.2. The summed E-state index contributed by atoms with van der Waals surface area (Å²) in [6, 6.07) is 0. The smallest absolute Gasteiger partial charge is 0.307 e. The van der Waals surface area contributed by atoms with Gasteiger partial charge in [-0.15, -0.1) is 0 Å². The lowest BCUT2D eigenvalue weighted by molar-refractivity contribution is -0.160. The van der Waals surface area contributed by atoms with Crippen molar-refractivity contribution in [2.75, 3.05) is 0 Å². The van der Waals surface area contributed by atoms with Gasteiger partial charge < -0.3 is 9.84 Å². The Kier molecular flexibility index (Phi) is 1.86. The van der Waals surface area contributed by atoms with Gasteiger partial charge in [-0.2, -0.15) is 0 Å². The van der Waals surface area contributed by atoms with Crippen molar-refractivity contribution in [3.05, 3.63) is 0 Å². The first kappa shape index (κ1) is 5.07. The van der Waals surface area contributed by atoms with Crippen LogP contribution in [0.2, 0.25) is 0 Å². The van der Waals surface area contributed by atoms with Crippen molar-refractivity contribution in [2.45, 2.75) is 52.9 Å². The van der Waals surface area contributed by atoms with Crippen molar-refractivity contribution >= 4 is 11.9 Å². The molecule has 0 bridgehead atoms. The highest BCUT2D eigenvalue weighted by Crippen LogP contribution is 2.18. The minimum Gasteiger partial charge on any atom is -0.481 e. The number of esters is 1. The molecule has 1 atom stereocenters. The van der Waals surface area contributed by atoms with Gasteiger partial charge in [0.2, 0.25) is 0 Å². The summed E-state index contributed by atoms with van der Waals surface area (Å²) in [5.74, 6) is -11.2. The molecule has 0 aliphatic carbocycles. The lowest BCUT2D eigenvalue weighted by Gasteiger charge is -2.21. The number of aliphatic carboxylic acids is 1. The normalized spacial score (nSPS) is 27.9. The van der Waals surface area contributed by atoms with E-state index in [-0.39, 0.29) is 0 Å². The minimum atomic E-state index is -3.99. The van der Waals surface area contributed by atoms with E-state index in [4.69, 9.17) is 18.4 Å². The van der Waals surface area contributed by atoms with Gasteiger partial charge >= 0.3 is 11.9 Å². The summed E-state index contributed by atoms with van der Waals surface area (Å²) >= 11 is 0. The predicted molar refractivity (Wildman–Crippen MR) is 61.0 cm³/mol. The lowest BCUT2D eigenvalue weighted by atomic mass is 9.94. The topological polar surface area (TPSA) is 63.6 Å². The predicted octanol–water partition coefficient (Wildman–Crippen LogP) is 2.47. The number of hydrogen-bond acceptors (Lipinski definition) is 3. The third kappa shape index (κ3) is 7.26. The first-order valence-electron chi connectivity index (χ1n) is 9.50. The molecule has 1 N–H and O–H groups in total. The van der Waals surface area contributed by atoms with Crippen LogP contribution in [0.15, 0.2) is 0 Å². The Labute approximate surface area is 111 Å². The molecule has 0 rings (SSSR count). The number of hydrogen-bond donors (Lipinski definition) is 1. The largest absolute Gasteiger partial charge is 0.481 e. The zero-order chi connectivity index (χ0) is 21.6. The molecule has 4 heteroatoms. The van der Waals surface area contributed by atoms with Gasteiger partial charge in [-0.25, -0.2) is 0 Å². The zero-order valence-electron chi connectivity index (χ0n) is 19.4. The first-order chi connectivity index (χ1) is 11.0. The minimum absolute atomic E-state index is 1.12. The Morgan fingerprint density at radius 1 is 1.50 bits per heavy atom. The van der Waals surface area contributed by atoms with Gasteiger partial charge in [0.15, 0.2) is 0 Å². The van der Waals surface area contributed by atoms with Gasteiger partial charge in [0.25, 0.3) is 0 Å². The summed E-state index contributed by atoms with van der Waals surface area (Å²) in [6.07, 6.45) is -5.47. The molecule has 0 spiro atoms. The van der Waals surface area contributed by atoms with Crippen LogP contribution in [-0.4, -0.2) is 22.6 Å². The van der Waals surface area contributed by atoms with Crippen molar-refractivity contribution in [1.82, 2.24) is 0 Å². The van der Waals surface area contributed by atoms with Gasteiger partial charge in [-0.1, -0.05) is 13.7 Å². The maximum Gasteiger partial charge on any atom is 0.307 e. The number of carboxylic acids is 1. The number of rotatable bonds is 5. The van der Waals surface area contributed by atoms with Crippen LogP contribution < -0.4 is 0 Å². The van der Waals surface area contributed by atoms with Crippen LogP contribution in [0.25, 0.3) is 0 Å². The zero-order valence-corrected chi connectivity index (χ0v) is 9.38. The maximum absolute atomic E-state index is 11.9. The Morgan fingerprint density at radius 3 is 2.44 bits per heavy atom. The van der Waals surface area contributed by atoms with E-state index < -0.39 is 55.8 Å². The molecule has 0 saturated heterocycles. The van der Waals surface area contributed by atoms with E-state index in [9.17, 15) is 14.7 Å². The summed E-state index contributed by atoms with van der Waals surface area (Å²) in [5.41, 5.74) is -1.12. The van der Waals surface area contributed by atoms with Gasteiger partial charge in [0.05, 0.1) is 12.3 Å². The van der Waals surface area contributed by atoms with Crippen LogP contribution in [0.3, 0.4) is 0 Å². The average Bonchev–Trinajstić information content (AvgIpc) is 2.31. The Morgan fingerprint density at radius 2 is 2.06 bits per heavy atom. The molecular formula is C12H22O4. The van der Waals surface area contributed by atoms with Crippen molar-refractivity contribution in [3.63, 3.8) is 0 Å². The van der Waals surface area contributed by atoms with Crippen molar-refractivity contribution in [1.29, 1.82) is 0 Å². The fourth-order valence-electron chi connectivity index (χ4n) is 0.846. The molecule has 0 aliphatic rings. The van der Waals surface area contributed by atoms with E-state index in [2.05, 4.69) is 0 Å². The molecule has 0 aromatic rings. The molecule has 0 aromatic carbocycles. The molecule has 0 unspecified atom stereocenters. The monoisotopic (exact) mass is 240 g/mol. The Bertz CT molecular complexity index is 546. The highest BCUT2D eigenvalue weighted by molar-refractivity contribution is 5.78. The van der Waals surface area contributed by atoms with Crippen LogP contribution in [-0.2, 0) is 14.3 Å². The van der Waals surface area contributed by atoms with Gasteiger partial charge in [0.1, 0.15) is 5.60 Å². The quantitative estimate of drug-likeness (QED) is 0.750. The molecule has 0 aromatic heterocycles. The second-order valence-electron chi connectivity index (χ2n) is 4.05. The molecule has 94 valence electrons. The van der Waals surface area contributed by atoms with E-state index in [0.717, 1.165) is 0 Å². The number of carboxylic acid groups (broad SMARTS) is 1. The summed E-state index contributed by atoms with van der Waals surface area (Å²) in [4.78, 5) is 23.5. The second kappa shape index (κ2) is 5.87. The van der Waals surface area contributed by atoms with Crippen LogP contribution in [0, 0.1) is 11.8 Å². The highest BCUT2D eigenvalue weighted by atomic mass is 16.6. The van der Waals surface area contributed by atoms with Crippen molar-refractivity contribution in [3.8, 4) is 0 Å². The van der Waals surface area contributed by atoms with Gasteiger partial charge in [-0.05, 0) is 33.0 Å². The van der Waals surface area contributed by atoms with Crippen LogP contribution in [0.1, 0.15) is 61.0 Å². The summed E-state index contributed by atoms with van der Waals surface area (Å²) in [6.45, 7) is -3.38. The van der Waals surface area contributed by atoms with Crippen LogP contribution in [0.4, 0.5) is 0 Å². The number of carbonyl (C=O) groups is 2. The van der Waals surface area contributed by atoms with Crippen LogP contribution in [0.5, 0.6) is 0 Å². The van der Waals surface area contributed by atoms with Gasteiger partial charge in [0, 0.05) is 13.7 Å². The van der Waals surface area contributed by atoms with E-state index in [1.165, 1.54) is 20.8 Å². The SMILES string of the molecule is [2H]C([2H])([2H])C([2H])(C([2H])([2H])[2H])C([2H])([2H])[C@]([2H])(CC(=O)OC(C)(C)C)C(=O)O. The summed E-state index contributed by atoms with van der Waals surface area (Å²) in [5, 5.41) is 9.32. The molecule has 4 nitrogen and oxygen atoms in total. The number of carbonyl (C=O) groups excluding carboxylic acids is 1. The molecule has 0 amide bonds. The molecular weight excluding hydrogens is 208 g/mol.